The van der Waals surface area contributed by atoms with Crippen molar-refractivity contribution in [2.24, 2.45) is 0 Å². The summed E-state index contributed by atoms with van der Waals surface area (Å²) in [4.78, 5) is 3.91. The minimum absolute atomic E-state index is 0.112. The van der Waals surface area contributed by atoms with Gasteiger partial charge >= 0.3 is 0 Å². The van der Waals surface area contributed by atoms with Crippen molar-refractivity contribution in [3.63, 3.8) is 0 Å². The third-order valence-corrected chi connectivity index (χ3v) is 3.73. The van der Waals surface area contributed by atoms with Gasteiger partial charge in [-0.3, -0.25) is 9.71 Å². The average Bonchev–Trinajstić information content (AvgIpc) is 2.42. The first-order valence-corrected chi connectivity index (χ1v) is 7.26. The van der Waals surface area contributed by atoms with Crippen LogP contribution < -0.4 is 9.46 Å². The van der Waals surface area contributed by atoms with E-state index in [2.05, 4.69) is 9.71 Å². The summed E-state index contributed by atoms with van der Waals surface area (Å²) >= 11 is 0. The first-order valence-electron chi connectivity index (χ1n) is 5.78. The van der Waals surface area contributed by atoms with Gasteiger partial charge in [-0.25, -0.2) is 8.42 Å². The Morgan fingerprint density at radius 1 is 1.21 bits per heavy atom. The number of anilines is 1. The van der Waals surface area contributed by atoms with Gasteiger partial charge in [0, 0.05) is 12.4 Å². The van der Waals surface area contributed by atoms with Crippen molar-refractivity contribution in [2.45, 2.75) is 11.8 Å². The number of sulfonamides is 1. The van der Waals surface area contributed by atoms with E-state index in [9.17, 15) is 8.42 Å². The van der Waals surface area contributed by atoms with E-state index in [0.29, 0.717) is 18.0 Å². The molecule has 1 aromatic heterocycles. The Hall–Kier alpha value is -2.08. The molecule has 0 unspecified atom stereocenters. The molecule has 2 rings (SSSR count). The van der Waals surface area contributed by atoms with Crippen LogP contribution in [0.2, 0.25) is 0 Å². The Labute approximate surface area is 112 Å². The Morgan fingerprint density at radius 2 is 2.00 bits per heavy atom. The summed E-state index contributed by atoms with van der Waals surface area (Å²) in [6.07, 6.45) is 2.82. The number of nitrogens with zero attached hydrogens (tertiary/aromatic N) is 1. The van der Waals surface area contributed by atoms with Crippen molar-refractivity contribution in [1.82, 2.24) is 4.98 Å². The second-order valence-corrected chi connectivity index (χ2v) is 5.41. The van der Waals surface area contributed by atoms with Crippen molar-refractivity contribution in [3.8, 4) is 5.75 Å². The van der Waals surface area contributed by atoms with Crippen molar-refractivity contribution in [2.75, 3.05) is 11.3 Å². The van der Waals surface area contributed by atoms with Gasteiger partial charge in [0.2, 0.25) is 0 Å². The number of hydrogen-bond acceptors (Lipinski definition) is 4. The first-order chi connectivity index (χ1) is 9.13. The van der Waals surface area contributed by atoms with Gasteiger partial charge in [-0.05, 0) is 31.2 Å². The maximum atomic E-state index is 12.2. The molecule has 2 aromatic rings. The molecule has 1 heterocycles. The molecule has 0 saturated carbocycles. The maximum absolute atomic E-state index is 12.2. The molecular formula is C13H14N2O3S. The van der Waals surface area contributed by atoms with E-state index in [4.69, 9.17) is 4.74 Å². The largest absolute Gasteiger partial charge is 0.492 e. The Bertz CT molecular complexity index is 642. The molecule has 0 saturated heterocycles. The highest BCUT2D eigenvalue weighted by molar-refractivity contribution is 7.92. The quantitative estimate of drug-likeness (QED) is 0.911. The van der Waals surface area contributed by atoms with Crippen LogP contribution in [0.25, 0.3) is 0 Å². The Balaban J connectivity index is 2.31. The molecule has 0 aliphatic rings. The number of benzene rings is 1. The summed E-state index contributed by atoms with van der Waals surface area (Å²) in [5.74, 6) is 0.498. The van der Waals surface area contributed by atoms with E-state index in [1.807, 2.05) is 6.92 Å². The zero-order valence-electron chi connectivity index (χ0n) is 10.4. The van der Waals surface area contributed by atoms with Crippen molar-refractivity contribution in [3.05, 3.63) is 48.8 Å². The standard InChI is InChI=1S/C13H14N2O3S/c1-2-18-13-8-4-3-7-12(13)15-19(16,17)11-6-5-9-14-10-11/h3-10,15H,2H2,1H3. The fourth-order valence-corrected chi connectivity index (χ4v) is 2.58. The smallest absolute Gasteiger partial charge is 0.263 e. The van der Waals surface area contributed by atoms with E-state index in [1.54, 1.807) is 30.3 Å². The summed E-state index contributed by atoms with van der Waals surface area (Å²) in [6.45, 7) is 2.30. The number of para-hydroxylation sites is 2. The van der Waals surface area contributed by atoms with Crippen LogP contribution in [-0.4, -0.2) is 20.0 Å². The number of ether oxygens (including phenoxy) is 1. The number of hydrogen-bond donors (Lipinski definition) is 1. The zero-order valence-corrected chi connectivity index (χ0v) is 11.2. The fraction of sp³-hybridized carbons (Fsp3) is 0.154. The lowest BCUT2D eigenvalue weighted by Gasteiger charge is -2.12. The Morgan fingerprint density at radius 3 is 2.68 bits per heavy atom. The molecule has 0 amide bonds. The number of aromatic nitrogens is 1. The summed E-state index contributed by atoms with van der Waals surface area (Å²) in [7, 11) is -3.65. The lowest BCUT2D eigenvalue weighted by Crippen LogP contribution is -2.14. The highest BCUT2D eigenvalue weighted by Gasteiger charge is 2.16. The lowest BCUT2D eigenvalue weighted by molar-refractivity contribution is 0.342. The van der Waals surface area contributed by atoms with Crippen LogP contribution in [-0.2, 0) is 10.0 Å². The Kier molecular flexibility index (Phi) is 4.01. The average molecular weight is 278 g/mol. The third-order valence-electron chi connectivity index (χ3n) is 2.38. The van der Waals surface area contributed by atoms with Gasteiger partial charge in [0.1, 0.15) is 10.6 Å². The summed E-state index contributed by atoms with van der Waals surface area (Å²) in [6, 6.07) is 9.95. The molecule has 5 nitrogen and oxygen atoms in total. The summed E-state index contributed by atoms with van der Waals surface area (Å²) in [5, 5.41) is 0. The van der Waals surface area contributed by atoms with E-state index in [-0.39, 0.29) is 4.90 Å². The summed E-state index contributed by atoms with van der Waals surface area (Å²) in [5.41, 5.74) is 0.410. The van der Waals surface area contributed by atoms with Crippen molar-refractivity contribution in [1.29, 1.82) is 0 Å². The molecule has 0 aliphatic carbocycles. The van der Waals surface area contributed by atoms with E-state index < -0.39 is 10.0 Å². The molecule has 19 heavy (non-hydrogen) atoms. The number of nitrogens with one attached hydrogen (secondary N) is 1. The van der Waals surface area contributed by atoms with Gasteiger partial charge in [0.15, 0.2) is 0 Å². The van der Waals surface area contributed by atoms with Crippen LogP contribution in [0.5, 0.6) is 5.75 Å². The van der Waals surface area contributed by atoms with Gasteiger partial charge in [-0.2, -0.15) is 0 Å². The van der Waals surface area contributed by atoms with Crippen LogP contribution >= 0.6 is 0 Å². The second-order valence-electron chi connectivity index (χ2n) is 3.72. The third kappa shape index (κ3) is 3.23. The van der Waals surface area contributed by atoms with Crippen LogP contribution in [0.15, 0.2) is 53.7 Å². The van der Waals surface area contributed by atoms with Gasteiger partial charge in [-0.1, -0.05) is 12.1 Å². The number of pyridine rings is 1. The minimum atomic E-state index is -3.65. The molecule has 100 valence electrons. The first kappa shape index (κ1) is 13.4. The number of rotatable bonds is 5. The van der Waals surface area contributed by atoms with E-state index in [0.717, 1.165) is 0 Å². The molecule has 6 heteroatoms. The molecule has 0 aliphatic heterocycles. The fourth-order valence-electron chi connectivity index (χ4n) is 1.54. The second kappa shape index (κ2) is 5.71. The molecule has 0 atom stereocenters. The van der Waals surface area contributed by atoms with Crippen molar-refractivity contribution < 1.29 is 13.2 Å². The molecule has 0 bridgehead atoms. The molecule has 1 aromatic carbocycles. The highest BCUT2D eigenvalue weighted by atomic mass is 32.2. The molecule has 1 N–H and O–H groups in total. The monoisotopic (exact) mass is 278 g/mol. The van der Waals surface area contributed by atoms with E-state index >= 15 is 0 Å². The van der Waals surface area contributed by atoms with Crippen molar-refractivity contribution >= 4 is 15.7 Å². The lowest BCUT2D eigenvalue weighted by atomic mass is 10.3. The van der Waals surface area contributed by atoms with Gasteiger partial charge in [0.25, 0.3) is 10.0 Å². The predicted molar refractivity (Wildman–Crippen MR) is 72.7 cm³/mol. The van der Waals surface area contributed by atoms with E-state index in [1.165, 1.54) is 18.5 Å². The van der Waals surface area contributed by atoms with Gasteiger partial charge < -0.3 is 4.74 Å². The molecule has 0 radical (unpaired) electrons. The molecule has 0 spiro atoms. The van der Waals surface area contributed by atoms with Crippen LogP contribution in [0.3, 0.4) is 0 Å². The van der Waals surface area contributed by atoms with Crippen LogP contribution in [0, 0.1) is 0 Å². The zero-order chi connectivity index (χ0) is 13.7. The predicted octanol–water partition coefficient (Wildman–Crippen LogP) is 2.28. The van der Waals surface area contributed by atoms with Gasteiger partial charge in [-0.15, -0.1) is 0 Å². The molecular weight excluding hydrogens is 264 g/mol. The topological polar surface area (TPSA) is 68.3 Å². The van der Waals surface area contributed by atoms with Gasteiger partial charge in [0.05, 0.1) is 12.3 Å². The highest BCUT2D eigenvalue weighted by Crippen LogP contribution is 2.26. The normalized spacial score (nSPS) is 11.0. The maximum Gasteiger partial charge on any atom is 0.263 e. The summed E-state index contributed by atoms with van der Waals surface area (Å²) < 4.78 is 32.2. The SMILES string of the molecule is CCOc1ccccc1NS(=O)(=O)c1cccnc1. The van der Waals surface area contributed by atoms with Crippen LogP contribution in [0.1, 0.15) is 6.92 Å². The minimum Gasteiger partial charge on any atom is -0.492 e. The molecule has 0 fully saturated rings. The van der Waals surface area contributed by atoms with Crippen LogP contribution in [0.4, 0.5) is 5.69 Å².